The van der Waals surface area contributed by atoms with E-state index in [1.165, 1.54) is 11.3 Å². The van der Waals surface area contributed by atoms with Gasteiger partial charge in [0.25, 0.3) is 0 Å². The number of nitrogen functional groups attached to an aromatic ring is 1. The molecule has 1 heterocycles. The normalized spacial score (nSPS) is 13.2. The highest BCUT2D eigenvalue weighted by molar-refractivity contribution is 7.15. The quantitative estimate of drug-likeness (QED) is 0.826. The van der Waals surface area contributed by atoms with E-state index in [9.17, 15) is 4.79 Å². The third-order valence-corrected chi connectivity index (χ3v) is 2.50. The van der Waals surface area contributed by atoms with Crippen LogP contribution in [0.3, 0.4) is 0 Å². The molecule has 1 amide bonds. The number of hydrogen-bond acceptors (Lipinski definition) is 6. The molecule has 0 aromatic carbocycles. The Morgan fingerprint density at radius 2 is 2.12 bits per heavy atom. The summed E-state index contributed by atoms with van der Waals surface area (Å²) in [6.07, 6.45) is -0.478. The van der Waals surface area contributed by atoms with Gasteiger partial charge in [-0.2, -0.15) is 0 Å². The third kappa shape index (κ3) is 4.01. The van der Waals surface area contributed by atoms with E-state index in [1.54, 1.807) is 27.7 Å². The van der Waals surface area contributed by atoms with Crippen LogP contribution in [-0.2, 0) is 4.74 Å². The van der Waals surface area contributed by atoms with Crippen molar-refractivity contribution in [1.82, 2.24) is 15.5 Å². The first-order chi connectivity index (χ1) is 7.28. The van der Waals surface area contributed by atoms with Crippen LogP contribution in [0.5, 0.6) is 0 Å². The van der Waals surface area contributed by atoms with Crippen molar-refractivity contribution in [1.29, 1.82) is 0 Å². The summed E-state index contributed by atoms with van der Waals surface area (Å²) in [5.74, 6) is 0. The van der Waals surface area contributed by atoms with Gasteiger partial charge in [0.05, 0.1) is 6.04 Å². The molecule has 0 spiro atoms. The SMILES string of the molecule is C[C@@H](NC(=O)OC(C)(C)C)c1nnc(N)s1. The van der Waals surface area contributed by atoms with Crippen molar-refractivity contribution in [3.8, 4) is 0 Å². The lowest BCUT2D eigenvalue weighted by molar-refractivity contribution is 0.0508. The van der Waals surface area contributed by atoms with Gasteiger partial charge in [-0.3, -0.25) is 0 Å². The van der Waals surface area contributed by atoms with Gasteiger partial charge in [0.1, 0.15) is 10.6 Å². The Balaban J connectivity index is 2.52. The first-order valence-corrected chi connectivity index (χ1v) is 5.68. The predicted octanol–water partition coefficient (Wildman–Crippen LogP) is 1.71. The van der Waals surface area contributed by atoms with Crippen molar-refractivity contribution in [2.24, 2.45) is 0 Å². The maximum atomic E-state index is 11.4. The molecule has 7 heteroatoms. The summed E-state index contributed by atoms with van der Waals surface area (Å²) in [5, 5.41) is 11.2. The van der Waals surface area contributed by atoms with E-state index in [2.05, 4.69) is 15.5 Å². The highest BCUT2D eigenvalue weighted by Gasteiger charge is 2.19. The Labute approximate surface area is 98.2 Å². The molecular weight excluding hydrogens is 228 g/mol. The van der Waals surface area contributed by atoms with E-state index >= 15 is 0 Å². The number of anilines is 1. The highest BCUT2D eigenvalue weighted by Crippen LogP contribution is 2.19. The monoisotopic (exact) mass is 244 g/mol. The van der Waals surface area contributed by atoms with Gasteiger partial charge in [-0.25, -0.2) is 4.79 Å². The van der Waals surface area contributed by atoms with Gasteiger partial charge in [0, 0.05) is 0 Å². The van der Waals surface area contributed by atoms with Crippen molar-refractivity contribution in [3.05, 3.63) is 5.01 Å². The van der Waals surface area contributed by atoms with E-state index in [0.717, 1.165) is 0 Å². The average Bonchev–Trinajstić information content (AvgIpc) is 2.47. The molecule has 1 aromatic rings. The minimum absolute atomic E-state index is 0.260. The minimum atomic E-state index is -0.510. The Bertz CT molecular complexity index is 372. The van der Waals surface area contributed by atoms with Crippen LogP contribution >= 0.6 is 11.3 Å². The summed E-state index contributed by atoms with van der Waals surface area (Å²) in [7, 11) is 0. The van der Waals surface area contributed by atoms with Crippen LogP contribution in [0.2, 0.25) is 0 Å². The summed E-state index contributed by atoms with van der Waals surface area (Å²) >= 11 is 1.24. The first-order valence-electron chi connectivity index (χ1n) is 4.86. The molecule has 1 aromatic heterocycles. The molecule has 6 nitrogen and oxygen atoms in total. The van der Waals surface area contributed by atoms with Crippen LogP contribution in [0.4, 0.5) is 9.93 Å². The molecule has 0 aliphatic heterocycles. The summed E-state index contributed by atoms with van der Waals surface area (Å²) in [6, 6.07) is -0.260. The van der Waals surface area contributed by atoms with Crippen molar-refractivity contribution >= 4 is 22.6 Å². The molecule has 90 valence electrons. The fourth-order valence-corrected chi connectivity index (χ4v) is 1.58. The molecule has 0 aliphatic carbocycles. The van der Waals surface area contributed by atoms with Crippen LogP contribution in [-0.4, -0.2) is 21.9 Å². The lowest BCUT2D eigenvalue weighted by Crippen LogP contribution is -2.34. The molecule has 16 heavy (non-hydrogen) atoms. The Morgan fingerprint density at radius 1 is 1.50 bits per heavy atom. The molecular formula is C9H16N4O2S. The molecule has 0 unspecified atom stereocenters. The van der Waals surface area contributed by atoms with Crippen molar-refractivity contribution in [2.45, 2.75) is 39.3 Å². The van der Waals surface area contributed by atoms with E-state index < -0.39 is 11.7 Å². The maximum Gasteiger partial charge on any atom is 0.408 e. The second kappa shape index (κ2) is 4.65. The summed E-state index contributed by atoms with van der Waals surface area (Å²) in [5.41, 5.74) is 4.94. The second-order valence-electron chi connectivity index (χ2n) is 4.35. The van der Waals surface area contributed by atoms with Crippen LogP contribution in [0, 0.1) is 0 Å². The minimum Gasteiger partial charge on any atom is -0.444 e. The summed E-state index contributed by atoms with van der Waals surface area (Å²) in [6.45, 7) is 7.21. The zero-order valence-corrected chi connectivity index (χ0v) is 10.6. The summed E-state index contributed by atoms with van der Waals surface area (Å²) in [4.78, 5) is 11.4. The molecule has 1 rings (SSSR count). The van der Waals surface area contributed by atoms with Gasteiger partial charge < -0.3 is 15.8 Å². The lowest BCUT2D eigenvalue weighted by Gasteiger charge is -2.21. The topological polar surface area (TPSA) is 90.1 Å². The second-order valence-corrected chi connectivity index (χ2v) is 5.39. The van der Waals surface area contributed by atoms with Gasteiger partial charge >= 0.3 is 6.09 Å². The smallest absolute Gasteiger partial charge is 0.408 e. The fraction of sp³-hybridized carbons (Fsp3) is 0.667. The van der Waals surface area contributed by atoms with Crippen LogP contribution in [0.25, 0.3) is 0 Å². The zero-order chi connectivity index (χ0) is 12.3. The number of rotatable bonds is 2. The molecule has 0 fully saturated rings. The highest BCUT2D eigenvalue weighted by atomic mass is 32.1. The largest absolute Gasteiger partial charge is 0.444 e. The van der Waals surface area contributed by atoms with Crippen molar-refractivity contribution < 1.29 is 9.53 Å². The fourth-order valence-electron chi connectivity index (χ4n) is 0.968. The molecule has 0 radical (unpaired) electrons. The average molecular weight is 244 g/mol. The van der Waals surface area contributed by atoms with E-state index in [0.29, 0.717) is 10.1 Å². The zero-order valence-electron chi connectivity index (χ0n) is 9.77. The molecule has 0 bridgehead atoms. The standard InChI is InChI=1S/C9H16N4O2S/c1-5(6-12-13-7(10)16-6)11-8(14)15-9(2,3)4/h5H,1-4H3,(H2,10,13)(H,11,14)/t5-/m1/s1. The van der Waals surface area contributed by atoms with E-state index in [4.69, 9.17) is 10.5 Å². The number of nitrogens with two attached hydrogens (primary N) is 1. The van der Waals surface area contributed by atoms with Crippen molar-refractivity contribution in [3.63, 3.8) is 0 Å². The van der Waals surface area contributed by atoms with E-state index in [1.807, 2.05) is 0 Å². The number of nitrogens with one attached hydrogen (secondary N) is 1. The lowest BCUT2D eigenvalue weighted by atomic mass is 10.2. The number of amides is 1. The third-order valence-electron chi connectivity index (χ3n) is 1.56. The number of alkyl carbamates (subject to hydrolysis) is 1. The molecule has 3 N–H and O–H groups in total. The van der Waals surface area contributed by atoms with Gasteiger partial charge in [0.15, 0.2) is 0 Å². The van der Waals surface area contributed by atoms with Crippen molar-refractivity contribution in [2.75, 3.05) is 5.73 Å². The number of carbonyl (C=O) groups is 1. The van der Waals surface area contributed by atoms with Gasteiger partial charge in [-0.05, 0) is 27.7 Å². The van der Waals surface area contributed by atoms with Crippen LogP contribution in [0.1, 0.15) is 38.7 Å². The van der Waals surface area contributed by atoms with Gasteiger partial charge in [0.2, 0.25) is 5.13 Å². The molecule has 0 aliphatic rings. The predicted molar refractivity (Wildman–Crippen MR) is 62.1 cm³/mol. The van der Waals surface area contributed by atoms with Gasteiger partial charge in [-0.15, -0.1) is 10.2 Å². The number of carbonyl (C=O) groups excluding carboxylic acids is 1. The number of ether oxygens (including phenoxy) is 1. The summed E-state index contributed by atoms with van der Waals surface area (Å²) < 4.78 is 5.11. The molecule has 0 saturated heterocycles. The number of nitrogens with zero attached hydrogens (tertiary/aromatic N) is 2. The van der Waals surface area contributed by atoms with Crippen LogP contribution < -0.4 is 11.1 Å². The van der Waals surface area contributed by atoms with E-state index in [-0.39, 0.29) is 6.04 Å². The first kappa shape index (κ1) is 12.7. The number of aromatic nitrogens is 2. The molecule has 1 atom stereocenters. The number of hydrogen-bond donors (Lipinski definition) is 2. The Kier molecular flexibility index (Phi) is 3.69. The van der Waals surface area contributed by atoms with Crippen LogP contribution in [0.15, 0.2) is 0 Å². The Hall–Kier alpha value is -1.37. The molecule has 0 saturated carbocycles. The maximum absolute atomic E-state index is 11.4. The van der Waals surface area contributed by atoms with Gasteiger partial charge in [-0.1, -0.05) is 11.3 Å². The Morgan fingerprint density at radius 3 is 2.56 bits per heavy atom.